The zero-order valence-corrected chi connectivity index (χ0v) is 9.16. The van der Waals surface area contributed by atoms with Gasteiger partial charge in [-0.25, -0.2) is 0 Å². The van der Waals surface area contributed by atoms with Crippen LogP contribution in [0.2, 0.25) is 0 Å². The van der Waals surface area contributed by atoms with E-state index in [-0.39, 0.29) is 0 Å². The maximum absolute atomic E-state index is 4.39. The number of unbranched alkanes of at least 4 members (excludes halogenated alkanes) is 1. The molecule has 0 saturated carbocycles. The topological polar surface area (TPSA) is 0 Å². The molecule has 1 radical (unpaired) electrons. The van der Waals surface area contributed by atoms with Crippen molar-refractivity contribution in [1.29, 1.82) is 0 Å². The fourth-order valence-corrected chi connectivity index (χ4v) is 1.99. The average molecular weight is 169 g/mol. The zero-order valence-electron chi connectivity index (χ0n) is 9.16. The van der Waals surface area contributed by atoms with E-state index in [0.29, 0.717) is 5.41 Å². The van der Waals surface area contributed by atoms with Crippen LogP contribution in [0.1, 0.15) is 65.7 Å². The van der Waals surface area contributed by atoms with Crippen molar-refractivity contribution in [2.45, 2.75) is 65.7 Å². The summed E-state index contributed by atoms with van der Waals surface area (Å²) in [6, 6.07) is 0. The summed E-state index contributed by atoms with van der Waals surface area (Å²) in [5.41, 5.74) is 0.402. The fourth-order valence-electron chi connectivity index (χ4n) is 1.99. The molecule has 0 atom stereocenters. The van der Waals surface area contributed by atoms with Gasteiger partial charge in [0.2, 0.25) is 0 Å². The van der Waals surface area contributed by atoms with Crippen LogP contribution < -0.4 is 0 Å². The van der Waals surface area contributed by atoms with E-state index in [4.69, 9.17) is 0 Å². The summed E-state index contributed by atoms with van der Waals surface area (Å²) in [7, 11) is 0. The van der Waals surface area contributed by atoms with E-state index >= 15 is 0 Å². The third kappa shape index (κ3) is 4.79. The maximum atomic E-state index is 4.39. The van der Waals surface area contributed by atoms with Crippen LogP contribution >= 0.6 is 0 Å². The highest BCUT2D eigenvalue weighted by Gasteiger charge is 2.20. The summed E-state index contributed by atoms with van der Waals surface area (Å²) >= 11 is 0. The molecule has 0 unspecified atom stereocenters. The van der Waals surface area contributed by atoms with E-state index in [2.05, 4.69) is 27.7 Å². The largest absolute Gasteiger partial charge is 0.0654 e. The average Bonchev–Trinajstić information content (AvgIpc) is 2.02. The molecule has 0 N–H and O–H groups in total. The standard InChI is InChI=1S/C12H25/c1-5-8-11-12(4,9-6-2)10-7-3/h4-11H2,1-3H3. The van der Waals surface area contributed by atoms with Gasteiger partial charge in [0.1, 0.15) is 0 Å². The molecular weight excluding hydrogens is 144 g/mol. The minimum Gasteiger partial charge on any atom is -0.0654 e. The Balaban J connectivity index is 3.80. The summed E-state index contributed by atoms with van der Waals surface area (Å²) in [5, 5.41) is 0. The summed E-state index contributed by atoms with van der Waals surface area (Å²) < 4.78 is 0. The molecule has 12 heavy (non-hydrogen) atoms. The van der Waals surface area contributed by atoms with Crippen LogP contribution in [-0.4, -0.2) is 0 Å². The van der Waals surface area contributed by atoms with Crippen LogP contribution in [0.25, 0.3) is 0 Å². The molecule has 0 aromatic carbocycles. The van der Waals surface area contributed by atoms with Gasteiger partial charge in [0.05, 0.1) is 0 Å². The van der Waals surface area contributed by atoms with Crippen LogP contribution in [0, 0.1) is 12.3 Å². The van der Waals surface area contributed by atoms with Gasteiger partial charge in [-0.3, -0.25) is 0 Å². The molecule has 0 amide bonds. The van der Waals surface area contributed by atoms with Gasteiger partial charge in [0, 0.05) is 0 Å². The van der Waals surface area contributed by atoms with Crippen molar-refractivity contribution in [2.75, 3.05) is 0 Å². The first-order chi connectivity index (χ1) is 5.68. The van der Waals surface area contributed by atoms with Crippen LogP contribution in [0.15, 0.2) is 0 Å². The first-order valence-corrected chi connectivity index (χ1v) is 5.54. The van der Waals surface area contributed by atoms with Crippen LogP contribution in [0.4, 0.5) is 0 Å². The summed E-state index contributed by atoms with van der Waals surface area (Å²) in [6.45, 7) is 11.2. The molecule has 0 aliphatic heterocycles. The van der Waals surface area contributed by atoms with E-state index in [1.54, 1.807) is 0 Å². The third-order valence-electron chi connectivity index (χ3n) is 2.62. The Kier molecular flexibility index (Phi) is 6.51. The quantitative estimate of drug-likeness (QED) is 0.522. The highest BCUT2D eigenvalue weighted by Crippen LogP contribution is 2.34. The highest BCUT2D eigenvalue weighted by atomic mass is 14.3. The fraction of sp³-hybridized carbons (Fsp3) is 0.917. The van der Waals surface area contributed by atoms with E-state index in [0.717, 1.165) is 0 Å². The Hall–Kier alpha value is 0. The molecular formula is C12H25. The first-order valence-electron chi connectivity index (χ1n) is 5.54. The third-order valence-corrected chi connectivity index (χ3v) is 2.62. The van der Waals surface area contributed by atoms with Crippen LogP contribution in [0.3, 0.4) is 0 Å². The lowest BCUT2D eigenvalue weighted by atomic mass is 9.77. The van der Waals surface area contributed by atoms with Gasteiger partial charge in [0.25, 0.3) is 0 Å². The normalized spacial score (nSPS) is 12.0. The van der Waals surface area contributed by atoms with Gasteiger partial charge in [-0.15, -0.1) is 0 Å². The second kappa shape index (κ2) is 6.51. The molecule has 0 spiro atoms. The van der Waals surface area contributed by atoms with Crippen molar-refractivity contribution in [3.05, 3.63) is 6.92 Å². The Morgan fingerprint density at radius 3 is 1.67 bits per heavy atom. The Bertz CT molecular complexity index is 88.2. The number of hydrogen-bond donors (Lipinski definition) is 0. The van der Waals surface area contributed by atoms with E-state index < -0.39 is 0 Å². The first kappa shape index (κ1) is 12.0. The number of rotatable bonds is 7. The lowest BCUT2D eigenvalue weighted by molar-refractivity contribution is 0.279. The SMILES string of the molecule is [CH2]C(CCC)(CCC)CCCC. The van der Waals surface area contributed by atoms with Crippen molar-refractivity contribution in [3.8, 4) is 0 Å². The van der Waals surface area contributed by atoms with Gasteiger partial charge in [-0.2, -0.15) is 0 Å². The molecule has 0 rings (SSSR count). The molecule has 0 aliphatic rings. The minimum absolute atomic E-state index is 0.402. The van der Waals surface area contributed by atoms with Gasteiger partial charge in [-0.05, 0) is 31.6 Å². The molecule has 0 heterocycles. The second-order valence-electron chi connectivity index (χ2n) is 4.10. The van der Waals surface area contributed by atoms with Gasteiger partial charge in [-0.1, -0.05) is 46.5 Å². The molecule has 0 saturated heterocycles. The number of hydrogen-bond acceptors (Lipinski definition) is 0. The summed E-state index contributed by atoms with van der Waals surface area (Å²) in [4.78, 5) is 0. The van der Waals surface area contributed by atoms with Crippen molar-refractivity contribution >= 4 is 0 Å². The monoisotopic (exact) mass is 169 g/mol. The highest BCUT2D eigenvalue weighted by molar-refractivity contribution is 4.80. The van der Waals surface area contributed by atoms with E-state index in [9.17, 15) is 0 Å². The van der Waals surface area contributed by atoms with E-state index in [1.807, 2.05) is 0 Å². The van der Waals surface area contributed by atoms with Crippen LogP contribution in [-0.2, 0) is 0 Å². The molecule has 0 aromatic rings. The van der Waals surface area contributed by atoms with Gasteiger partial charge in [0.15, 0.2) is 0 Å². The minimum atomic E-state index is 0.402. The predicted molar refractivity (Wildman–Crippen MR) is 57.1 cm³/mol. The Morgan fingerprint density at radius 1 is 0.833 bits per heavy atom. The molecule has 0 aromatic heterocycles. The maximum Gasteiger partial charge on any atom is -0.0297 e. The van der Waals surface area contributed by atoms with Crippen molar-refractivity contribution in [1.82, 2.24) is 0 Å². The summed E-state index contributed by atoms with van der Waals surface area (Å²) in [5.74, 6) is 0. The Morgan fingerprint density at radius 2 is 1.33 bits per heavy atom. The molecule has 0 bridgehead atoms. The molecule has 0 aliphatic carbocycles. The molecule has 0 fully saturated rings. The zero-order chi connectivity index (χ0) is 9.45. The Labute approximate surface area is 78.8 Å². The lowest BCUT2D eigenvalue weighted by Gasteiger charge is -2.28. The van der Waals surface area contributed by atoms with Crippen molar-refractivity contribution < 1.29 is 0 Å². The van der Waals surface area contributed by atoms with Gasteiger partial charge >= 0.3 is 0 Å². The predicted octanol–water partition coefficient (Wildman–Crippen LogP) is 4.60. The summed E-state index contributed by atoms with van der Waals surface area (Å²) in [6.07, 6.45) is 9.17. The molecule has 0 heteroatoms. The second-order valence-corrected chi connectivity index (χ2v) is 4.10. The van der Waals surface area contributed by atoms with Crippen LogP contribution in [0.5, 0.6) is 0 Å². The van der Waals surface area contributed by atoms with Gasteiger partial charge < -0.3 is 0 Å². The molecule has 0 nitrogen and oxygen atoms in total. The molecule has 73 valence electrons. The van der Waals surface area contributed by atoms with Crippen molar-refractivity contribution in [2.24, 2.45) is 5.41 Å². The smallest absolute Gasteiger partial charge is 0.0297 e. The lowest BCUT2D eigenvalue weighted by Crippen LogP contribution is -2.16. The van der Waals surface area contributed by atoms with E-state index in [1.165, 1.54) is 44.9 Å². The van der Waals surface area contributed by atoms with Crippen molar-refractivity contribution in [3.63, 3.8) is 0 Å².